The number of aromatic nitrogens is 2. The number of halogens is 1. The second-order valence-corrected chi connectivity index (χ2v) is 4.19. The summed E-state index contributed by atoms with van der Waals surface area (Å²) in [5.41, 5.74) is 5.42. The van der Waals surface area contributed by atoms with Crippen molar-refractivity contribution in [3.63, 3.8) is 0 Å². The van der Waals surface area contributed by atoms with Crippen LogP contribution in [0.15, 0.2) is 6.20 Å². The minimum absolute atomic E-state index is 0.0512. The molecule has 0 aliphatic carbocycles. The van der Waals surface area contributed by atoms with Crippen LogP contribution in [-0.4, -0.2) is 15.5 Å². The zero-order valence-corrected chi connectivity index (χ0v) is 9.39. The molecule has 0 saturated heterocycles. The van der Waals surface area contributed by atoms with Gasteiger partial charge < -0.3 is 11.1 Å². The molecule has 0 unspecified atom stereocenters. The van der Waals surface area contributed by atoms with E-state index in [1.54, 1.807) is 0 Å². The highest BCUT2D eigenvalue weighted by Crippen LogP contribution is 2.23. The summed E-state index contributed by atoms with van der Waals surface area (Å²) < 4.78 is 0. The van der Waals surface area contributed by atoms with E-state index < -0.39 is 0 Å². The number of nitrogens with one attached hydrogen (secondary N) is 1. The summed E-state index contributed by atoms with van der Waals surface area (Å²) in [5, 5.41) is 3.70. The number of hydrogen-bond acceptors (Lipinski definition) is 4. The molecule has 3 N–H and O–H groups in total. The zero-order chi connectivity index (χ0) is 10.8. The lowest BCUT2D eigenvalue weighted by Crippen LogP contribution is -2.30. The first-order valence-electron chi connectivity index (χ1n) is 4.51. The predicted molar refractivity (Wildman–Crippen MR) is 59.4 cm³/mol. The number of rotatable bonds is 3. The minimum atomic E-state index is -0.0512. The van der Waals surface area contributed by atoms with Crippen molar-refractivity contribution < 1.29 is 0 Å². The summed E-state index contributed by atoms with van der Waals surface area (Å²) >= 11 is 5.92. The summed E-state index contributed by atoms with van der Waals surface area (Å²) in [6.07, 6.45) is 2.46. The zero-order valence-electron chi connectivity index (χ0n) is 8.63. The van der Waals surface area contributed by atoms with Crippen molar-refractivity contribution in [2.75, 3.05) is 11.1 Å². The van der Waals surface area contributed by atoms with E-state index in [0.29, 0.717) is 10.8 Å². The fourth-order valence-corrected chi connectivity index (χ4v) is 1.02. The lowest BCUT2D eigenvalue weighted by Gasteiger charge is -2.25. The molecule has 0 atom stereocenters. The molecule has 0 spiro atoms. The Balaban J connectivity index is 2.91. The normalized spacial score (nSPS) is 11.4. The Hall–Kier alpha value is -1.03. The third kappa shape index (κ3) is 2.73. The smallest absolute Gasteiger partial charge is 0.222 e. The van der Waals surface area contributed by atoms with Crippen molar-refractivity contribution in [2.24, 2.45) is 0 Å². The van der Waals surface area contributed by atoms with E-state index in [1.165, 1.54) is 6.20 Å². The molecule has 0 radical (unpaired) electrons. The quantitative estimate of drug-likeness (QED) is 0.811. The van der Waals surface area contributed by atoms with Crippen LogP contribution in [0, 0.1) is 0 Å². The number of nitrogens with zero attached hydrogens (tertiary/aromatic N) is 2. The SMILES string of the molecule is CCC(C)(C)Nc1nc(N)ncc1Cl. The molecule has 78 valence electrons. The summed E-state index contributed by atoms with van der Waals surface area (Å²) in [5.74, 6) is 0.815. The molecule has 0 amide bonds. The van der Waals surface area contributed by atoms with Crippen LogP contribution in [-0.2, 0) is 0 Å². The summed E-state index contributed by atoms with van der Waals surface area (Å²) in [6, 6.07) is 0. The molecule has 14 heavy (non-hydrogen) atoms. The van der Waals surface area contributed by atoms with Gasteiger partial charge in [0.15, 0.2) is 5.82 Å². The highest BCUT2D eigenvalue weighted by atomic mass is 35.5. The maximum Gasteiger partial charge on any atom is 0.222 e. The van der Waals surface area contributed by atoms with E-state index in [-0.39, 0.29) is 11.5 Å². The number of anilines is 2. The fourth-order valence-electron chi connectivity index (χ4n) is 0.877. The topological polar surface area (TPSA) is 63.8 Å². The first-order chi connectivity index (χ1) is 6.44. The lowest BCUT2D eigenvalue weighted by molar-refractivity contribution is 0.545. The molecule has 0 aliphatic rings. The Morgan fingerprint density at radius 2 is 2.21 bits per heavy atom. The number of nitrogen functional groups attached to an aromatic ring is 1. The van der Waals surface area contributed by atoms with Crippen molar-refractivity contribution in [3.05, 3.63) is 11.2 Å². The highest BCUT2D eigenvalue weighted by Gasteiger charge is 2.16. The van der Waals surface area contributed by atoms with Crippen LogP contribution >= 0.6 is 11.6 Å². The third-order valence-corrected chi connectivity index (χ3v) is 2.38. The summed E-state index contributed by atoms with van der Waals surface area (Å²) in [6.45, 7) is 6.23. The van der Waals surface area contributed by atoms with Crippen LogP contribution in [0.4, 0.5) is 11.8 Å². The molecule has 0 fully saturated rings. The largest absolute Gasteiger partial charge is 0.368 e. The molecule has 1 rings (SSSR count). The second kappa shape index (κ2) is 4.00. The molecular formula is C9H15ClN4. The van der Waals surface area contributed by atoms with Gasteiger partial charge in [-0.3, -0.25) is 0 Å². The van der Waals surface area contributed by atoms with Crippen LogP contribution in [0.5, 0.6) is 0 Å². The molecule has 1 aromatic rings. The van der Waals surface area contributed by atoms with Crippen LogP contribution in [0.3, 0.4) is 0 Å². The average molecular weight is 215 g/mol. The van der Waals surface area contributed by atoms with Gasteiger partial charge in [0.2, 0.25) is 5.95 Å². The van der Waals surface area contributed by atoms with E-state index in [4.69, 9.17) is 17.3 Å². The Morgan fingerprint density at radius 1 is 1.57 bits per heavy atom. The number of nitrogens with two attached hydrogens (primary N) is 1. The van der Waals surface area contributed by atoms with E-state index >= 15 is 0 Å². The van der Waals surface area contributed by atoms with Crippen LogP contribution in [0.2, 0.25) is 5.02 Å². The monoisotopic (exact) mass is 214 g/mol. The summed E-state index contributed by atoms with van der Waals surface area (Å²) in [7, 11) is 0. The Bertz CT molecular complexity index is 325. The maximum absolute atomic E-state index is 5.92. The Kier molecular flexibility index (Phi) is 3.16. The van der Waals surface area contributed by atoms with Gasteiger partial charge in [0, 0.05) is 5.54 Å². The standard InChI is InChI=1S/C9H15ClN4/c1-4-9(2,3)14-7-6(10)5-12-8(11)13-7/h5H,4H2,1-3H3,(H3,11,12,13,14). The van der Waals surface area contributed by atoms with Gasteiger partial charge in [0.25, 0.3) is 0 Å². The third-order valence-electron chi connectivity index (χ3n) is 2.10. The van der Waals surface area contributed by atoms with E-state index in [0.717, 1.165) is 6.42 Å². The van der Waals surface area contributed by atoms with Crippen LogP contribution in [0.1, 0.15) is 27.2 Å². The Morgan fingerprint density at radius 3 is 2.79 bits per heavy atom. The second-order valence-electron chi connectivity index (χ2n) is 3.79. The van der Waals surface area contributed by atoms with Gasteiger partial charge in [0.05, 0.1) is 6.20 Å². The van der Waals surface area contributed by atoms with Gasteiger partial charge in [0.1, 0.15) is 5.02 Å². The van der Waals surface area contributed by atoms with Gasteiger partial charge in [-0.2, -0.15) is 4.98 Å². The lowest BCUT2D eigenvalue weighted by atomic mass is 10.0. The molecular weight excluding hydrogens is 200 g/mol. The molecule has 4 nitrogen and oxygen atoms in total. The van der Waals surface area contributed by atoms with Crippen molar-refractivity contribution in [1.82, 2.24) is 9.97 Å². The van der Waals surface area contributed by atoms with Crippen molar-refractivity contribution in [2.45, 2.75) is 32.7 Å². The first-order valence-corrected chi connectivity index (χ1v) is 4.88. The minimum Gasteiger partial charge on any atom is -0.368 e. The number of hydrogen-bond donors (Lipinski definition) is 2. The maximum atomic E-state index is 5.92. The van der Waals surface area contributed by atoms with E-state index in [2.05, 4.69) is 36.1 Å². The first kappa shape index (κ1) is 11.0. The highest BCUT2D eigenvalue weighted by molar-refractivity contribution is 6.32. The molecule has 0 aliphatic heterocycles. The van der Waals surface area contributed by atoms with Crippen molar-refractivity contribution >= 4 is 23.4 Å². The van der Waals surface area contributed by atoms with E-state index in [9.17, 15) is 0 Å². The molecule has 5 heteroatoms. The van der Waals surface area contributed by atoms with Gasteiger partial charge in [-0.15, -0.1) is 0 Å². The van der Waals surface area contributed by atoms with Gasteiger partial charge in [-0.05, 0) is 20.3 Å². The molecule has 0 aromatic carbocycles. The average Bonchev–Trinajstić information content (AvgIpc) is 2.11. The molecule has 0 saturated carbocycles. The Labute approximate surface area is 88.9 Å². The van der Waals surface area contributed by atoms with Crippen LogP contribution < -0.4 is 11.1 Å². The van der Waals surface area contributed by atoms with Gasteiger partial charge in [-0.25, -0.2) is 4.98 Å². The molecule has 1 aromatic heterocycles. The van der Waals surface area contributed by atoms with Crippen molar-refractivity contribution in [1.29, 1.82) is 0 Å². The fraction of sp³-hybridized carbons (Fsp3) is 0.556. The van der Waals surface area contributed by atoms with Gasteiger partial charge in [-0.1, -0.05) is 18.5 Å². The van der Waals surface area contributed by atoms with Crippen LogP contribution in [0.25, 0.3) is 0 Å². The summed E-state index contributed by atoms with van der Waals surface area (Å²) in [4.78, 5) is 7.82. The molecule has 0 bridgehead atoms. The molecule has 1 heterocycles. The van der Waals surface area contributed by atoms with E-state index in [1.807, 2.05) is 0 Å². The van der Waals surface area contributed by atoms with Gasteiger partial charge >= 0.3 is 0 Å². The van der Waals surface area contributed by atoms with Crippen molar-refractivity contribution in [3.8, 4) is 0 Å². The predicted octanol–water partition coefficient (Wildman–Crippen LogP) is 2.31.